The summed E-state index contributed by atoms with van der Waals surface area (Å²) in [5.74, 6) is 1.79. The summed E-state index contributed by atoms with van der Waals surface area (Å²) >= 11 is 0. The largest absolute Gasteiger partial charge is 0.456 e. The summed E-state index contributed by atoms with van der Waals surface area (Å²) in [6.07, 6.45) is 3.73. The molecular formula is C44H27N5O. The number of hydrogen-bond acceptors (Lipinski definition) is 5. The number of nitrogens with zero attached hydrogens (tertiary/aromatic N) is 5. The molecule has 0 unspecified atom stereocenters. The van der Waals surface area contributed by atoms with Crippen LogP contribution in [0.5, 0.6) is 0 Å². The first-order valence-electron chi connectivity index (χ1n) is 16.5. The Bertz CT molecular complexity index is 2820. The van der Waals surface area contributed by atoms with Gasteiger partial charge in [-0.15, -0.1) is 0 Å². The maximum atomic E-state index is 6.12. The topological polar surface area (TPSA) is 69.6 Å². The van der Waals surface area contributed by atoms with Gasteiger partial charge >= 0.3 is 0 Å². The van der Waals surface area contributed by atoms with Crippen molar-refractivity contribution in [1.82, 2.24) is 24.5 Å². The van der Waals surface area contributed by atoms with Gasteiger partial charge in [0.15, 0.2) is 17.5 Å². The highest BCUT2D eigenvalue weighted by molar-refractivity contribution is 6.11. The zero-order valence-electron chi connectivity index (χ0n) is 26.7. The molecule has 0 atom stereocenters. The molecule has 0 saturated heterocycles. The summed E-state index contributed by atoms with van der Waals surface area (Å²) in [4.78, 5) is 19.5. The third kappa shape index (κ3) is 4.65. The lowest BCUT2D eigenvalue weighted by atomic mass is 10.0. The van der Waals surface area contributed by atoms with E-state index in [4.69, 9.17) is 24.4 Å². The summed E-state index contributed by atoms with van der Waals surface area (Å²) in [5, 5.41) is 4.57. The standard InChI is InChI=1S/C44H27N5O/c1-3-11-28(12-4-1)42-46-43(29-13-5-2-6-14-29)48-44(47-42)32-23-33(27-45-26-32)49-38-17-9-7-15-34(38)35-21-19-31(25-39(35)49)30-20-22-41-37(24-30)36-16-8-10-18-40(36)50-41/h1-27H. The van der Waals surface area contributed by atoms with Gasteiger partial charge in [-0.25, -0.2) is 15.0 Å². The van der Waals surface area contributed by atoms with Crippen molar-refractivity contribution in [1.29, 1.82) is 0 Å². The lowest BCUT2D eigenvalue weighted by molar-refractivity contribution is 0.669. The second-order valence-corrected chi connectivity index (χ2v) is 12.4. The lowest BCUT2D eigenvalue weighted by Gasteiger charge is -2.11. The van der Waals surface area contributed by atoms with Crippen LogP contribution in [0.2, 0.25) is 0 Å². The highest BCUT2D eigenvalue weighted by atomic mass is 16.3. The number of para-hydroxylation sites is 2. The van der Waals surface area contributed by atoms with E-state index in [1.807, 2.05) is 85.2 Å². The van der Waals surface area contributed by atoms with Crippen LogP contribution in [0.1, 0.15) is 0 Å². The van der Waals surface area contributed by atoms with E-state index in [1.165, 1.54) is 10.8 Å². The minimum absolute atomic E-state index is 0.564. The fourth-order valence-electron chi connectivity index (χ4n) is 6.94. The van der Waals surface area contributed by atoms with Gasteiger partial charge in [0.05, 0.1) is 22.9 Å². The molecule has 10 aromatic rings. The van der Waals surface area contributed by atoms with E-state index in [0.717, 1.165) is 66.5 Å². The molecule has 0 saturated carbocycles. The van der Waals surface area contributed by atoms with Crippen LogP contribution in [0.3, 0.4) is 0 Å². The Labute approximate surface area is 287 Å². The van der Waals surface area contributed by atoms with Gasteiger partial charge in [-0.05, 0) is 47.5 Å². The Morgan fingerprint density at radius 1 is 0.380 bits per heavy atom. The number of furan rings is 1. The Kier molecular flexibility index (Phi) is 6.39. The quantitative estimate of drug-likeness (QED) is 0.187. The van der Waals surface area contributed by atoms with E-state index < -0.39 is 0 Å². The molecule has 4 aromatic heterocycles. The first kappa shape index (κ1) is 28.1. The average Bonchev–Trinajstić information content (AvgIpc) is 3.73. The molecule has 6 nitrogen and oxygen atoms in total. The summed E-state index contributed by atoms with van der Waals surface area (Å²) < 4.78 is 8.40. The molecule has 0 amide bonds. The molecule has 6 heteroatoms. The van der Waals surface area contributed by atoms with Crippen LogP contribution in [-0.4, -0.2) is 24.5 Å². The lowest BCUT2D eigenvalue weighted by Crippen LogP contribution is -2.01. The zero-order chi connectivity index (χ0) is 33.0. The number of rotatable bonds is 5. The Hall–Kier alpha value is -6.92. The van der Waals surface area contributed by atoms with Crippen molar-refractivity contribution >= 4 is 43.7 Å². The van der Waals surface area contributed by atoms with Crippen molar-refractivity contribution in [3.63, 3.8) is 0 Å². The molecule has 4 heterocycles. The predicted molar refractivity (Wildman–Crippen MR) is 201 cm³/mol. The maximum absolute atomic E-state index is 6.12. The minimum Gasteiger partial charge on any atom is -0.456 e. The molecule has 6 aromatic carbocycles. The van der Waals surface area contributed by atoms with Gasteiger partial charge in [-0.2, -0.15) is 0 Å². The Morgan fingerprint density at radius 3 is 1.72 bits per heavy atom. The normalized spacial score (nSPS) is 11.6. The van der Waals surface area contributed by atoms with Gasteiger partial charge in [0, 0.05) is 44.4 Å². The van der Waals surface area contributed by atoms with E-state index in [9.17, 15) is 0 Å². The Morgan fingerprint density at radius 2 is 0.960 bits per heavy atom. The Balaban J connectivity index is 1.15. The third-order valence-corrected chi connectivity index (χ3v) is 9.32. The number of fused-ring (bicyclic) bond motifs is 6. The summed E-state index contributed by atoms with van der Waals surface area (Å²) in [7, 11) is 0. The van der Waals surface area contributed by atoms with Gasteiger partial charge in [-0.3, -0.25) is 4.98 Å². The second-order valence-electron chi connectivity index (χ2n) is 12.4. The summed E-state index contributed by atoms with van der Waals surface area (Å²) in [6.45, 7) is 0. The highest BCUT2D eigenvalue weighted by Crippen LogP contribution is 2.37. The van der Waals surface area contributed by atoms with Crippen LogP contribution in [0.15, 0.2) is 168 Å². The van der Waals surface area contributed by atoms with Gasteiger partial charge in [-0.1, -0.05) is 115 Å². The first-order chi connectivity index (χ1) is 24.8. The van der Waals surface area contributed by atoms with Gasteiger partial charge < -0.3 is 8.98 Å². The summed E-state index contributed by atoms with van der Waals surface area (Å²) in [5.41, 5.74) is 9.79. The molecule has 234 valence electrons. The average molecular weight is 642 g/mol. The molecular weight excluding hydrogens is 615 g/mol. The first-order valence-corrected chi connectivity index (χ1v) is 16.5. The molecule has 10 rings (SSSR count). The number of hydrogen-bond donors (Lipinski definition) is 0. The number of aromatic nitrogens is 5. The SMILES string of the molecule is c1ccc(-c2nc(-c3ccccc3)nc(-c3cncc(-n4c5ccccc5c5ccc(-c6ccc7oc8ccccc8c7c6)cc54)c3)n2)cc1. The third-order valence-electron chi connectivity index (χ3n) is 9.32. The molecule has 0 aliphatic rings. The van der Waals surface area contributed by atoms with Crippen LogP contribution in [0.4, 0.5) is 0 Å². The number of pyridine rings is 1. The molecule has 0 fully saturated rings. The smallest absolute Gasteiger partial charge is 0.165 e. The molecule has 0 N–H and O–H groups in total. The molecule has 0 radical (unpaired) electrons. The second kappa shape index (κ2) is 11.4. The van der Waals surface area contributed by atoms with Crippen molar-refractivity contribution in [2.75, 3.05) is 0 Å². The highest BCUT2D eigenvalue weighted by Gasteiger charge is 2.17. The van der Waals surface area contributed by atoms with Gasteiger partial charge in [0.2, 0.25) is 0 Å². The fourth-order valence-corrected chi connectivity index (χ4v) is 6.94. The molecule has 0 aliphatic carbocycles. The molecule has 0 bridgehead atoms. The van der Waals surface area contributed by atoms with E-state index in [-0.39, 0.29) is 0 Å². The van der Waals surface area contributed by atoms with Gasteiger partial charge in [0.1, 0.15) is 11.2 Å². The van der Waals surface area contributed by atoms with Crippen molar-refractivity contribution in [3.05, 3.63) is 164 Å². The minimum atomic E-state index is 0.564. The predicted octanol–water partition coefficient (Wildman–Crippen LogP) is 10.9. The maximum Gasteiger partial charge on any atom is 0.165 e. The number of benzene rings is 6. The van der Waals surface area contributed by atoms with Crippen LogP contribution < -0.4 is 0 Å². The van der Waals surface area contributed by atoms with Crippen molar-refractivity contribution in [3.8, 4) is 51.0 Å². The van der Waals surface area contributed by atoms with Gasteiger partial charge in [0.25, 0.3) is 0 Å². The summed E-state index contributed by atoms with van der Waals surface area (Å²) in [6, 6.07) is 52.0. The van der Waals surface area contributed by atoms with Crippen LogP contribution in [0.25, 0.3) is 94.7 Å². The molecule has 0 aliphatic heterocycles. The fraction of sp³-hybridized carbons (Fsp3) is 0. The monoisotopic (exact) mass is 641 g/mol. The van der Waals surface area contributed by atoms with Crippen LogP contribution in [-0.2, 0) is 0 Å². The zero-order valence-corrected chi connectivity index (χ0v) is 26.7. The van der Waals surface area contributed by atoms with Crippen molar-refractivity contribution < 1.29 is 4.42 Å². The van der Waals surface area contributed by atoms with Crippen molar-refractivity contribution in [2.24, 2.45) is 0 Å². The van der Waals surface area contributed by atoms with Crippen LogP contribution >= 0.6 is 0 Å². The van der Waals surface area contributed by atoms with E-state index in [0.29, 0.717) is 17.5 Å². The van der Waals surface area contributed by atoms with Crippen LogP contribution in [0, 0.1) is 0 Å². The van der Waals surface area contributed by atoms with E-state index in [2.05, 4.69) is 83.4 Å². The molecule has 0 spiro atoms. The van der Waals surface area contributed by atoms with Crippen molar-refractivity contribution in [2.45, 2.75) is 0 Å². The molecule has 50 heavy (non-hydrogen) atoms. The van der Waals surface area contributed by atoms with E-state index in [1.54, 1.807) is 0 Å². The van der Waals surface area contributed by atoms with E-state index >= 15 is 0 Å².